The molecule has 0 saturated carbocycles. The van der Waals surface area contributed by atoms with Crippen LogP contribution in [0.25, 0.3) is 17.1 Å². The first-order chi connectivity index (χ1) is 15.6. The second-order valence-corrected chi connectivity index (χ2v) is 11.4. The Labute approximate surface area is 199 Å². The zero-order valence-electron chi connectivity index (χ0n) is 19.4. The molecule has 1 N–H and O–H groups in total. The molecule has 0 bridgehead atoms. The Bertz CT molecular complexity index is 1240. The zero-order chi connectivity index (χ0) is 24.2. The molecule has 3 aromatic rings. The maximum Gasteiger partial charge on any atom is 0.242 e. The van der Waals surface area contributed by atoms with Crippen LogP contribution in [0.4, 0.5) is 0 Å². The van der Waals surface area contributed by atoms with Crippen molar-refractivity contribution in [3.63, 3.8) is 0 Å². The third kappa shape index (κ3) is 6.01. The van der Waals surface area contributed by atoms with E-state index in [0.29, 0.717) is 29.0 Å². The first-order valence-electron chi connectivity index (χ1n) is 10.5. The molecule has 0 atom stereocenters. The highest BCUT2D eigenvalue weighted by atomic mass is 32.2. The number of hydrogen-bond acceptors (Lipinski definition) is 6. The number of nitrogens with zero attached hydrogens (tertiary/aromatic N) is 4. The van der Waals surface area contributed by atoms with Crippen molar-refractivity contribution < 1.29 is 13.2 Å². The molecule has 0 unspecified atom stereocenters. The molecule has 10 heteroatoms. The van der Waals surface area contributed by atoms with Crippen molar-refractivity contribution in [1.82, 2.24) is 24.4 Å². The number of rotatable bonds is 9. The summed E-state index contributed by atoms with van der Waals surface area (Å²) in [5.74, 6) is 0.993. The molecule has 0 spiro atoms. The number of carbonyl (C=O) groups excluding carboxylic acids is 1. The summed E-state index contributed by atoms with van der Waals surface area (Å²) >= 11 is 1.29. The Morgan fingerprint density at radius 1 is 1.12 bits per heavy atom. The Balaban J connectivity index is 2.02. The third-order valence-electron chi connectivity index (χ3n) is 4.80. The van der Waals surface area contributed by atoms with Crippen molar-refractivity contribution in [1.29, 1.82) is 0 Å². The minimum absolute atomic E-state index is 0.0758. The molecular weight excluding hydrogens is 458 g/mol. The molecule has 1 amide bonds. The minimum Gasteiger partial charge on any atom is -0.355 e. The van der Waals surface area contributed by atoms with E-state index >= 15 is 0 Å². The van der Waals surface area contributed by atoms with Gasteiger partial charge in [0.25, 0.3) is 0 Å². The van der Waals surface area contributed by atoms with Crippen LogP contribution in [0.3, 0.4) is 0 Å². The van der Waals surface area contributed by atoms with Gasteiger partial charge in [0, 0.05) is 31.9 Å². The normalized spacial score (nSPS) is 11.8. The Morgan fingerprint density at radius 3 is 2.52 bits per heavy atom. The van der Waals surface area contributed by atoms with Gasteiger partial charge in [-0.3, -0.25) is 9.36 Å². The molecule has 0 radical (unpaired) electrons. The van der Waals surface area contributed by atoms with E-state index < -0.39 is 10.0 Å². The van der Waals surface area contributed by atoms with Crippen LogP contribution in [0.1, 0.15) is 19.4 Å². The van der Waals surface area contributed by atoms with Crippen LogP contribution in [0.2, 0.25) is 0 Å². The fraction of sp³-hybridized carbons (Fsp3) is 0.348. The van der Waals surface area contributed by atoms with Crippen molar-refractivity contribution >= 4 is 27.7 Å². The van der Waals surface area contributed by atoms with E-state index in [1.807, 2.05) is 49.6 Å². The van der Waals surface area contributed by atoms with Crippen molar-refractivity contribution in [3.8, 4) is 17.1 Å². The maximum absolute atomic E-state index is 12.6. The fourth-order valence-electron chi connectivity index (χ4n) is 3.06. The average molecular weight is 488 g/mol. The van der Waals surface area contributed by atoms with Crippen LogP contribution in [-0.4, -0.2) is 59.8 Å². The lowest BCUT2D eigenvalue weighted by atomic mass is 10.2. The summed E-state index contributed by atoms with van der Waals surface area (Å²) < 4.78 is 28.3. The number of hydrogen-bond donors (Lipinski definition) is 1. The quantitative estimate of drug-likeness (QED) is 0.465. The fourth-order valence-corrected chi connectivity index (χ4v) is 4.79. The van der Waals surface area contributed by atoms with Gasteiger partial charge in [0.2, 0.25) is 15.9 Å². The molecule has 0 saturated heterocycles. The van der Waals surface area contributed by atoms with Gasteiger partial charge in [-0.05, 0) is 42.7 Å². The highest BCUT2D eigenvalue weighted by Gasteiger charge is 2.21. The predicted molar refractivity (Wildman–Crippen MR) is 131 cm³/mol. The van der Waals surface area contributed by atoms with E-state index in [0.717, 1.165) is 11.3 Å². The number of thioether (sulfide) groups is 1. The summed E-state index contributed by atoms with van der Waals surface area (Å²) in [6.45, 7) is 6.68. The first kappa shape index (κ1) is 24.9. The van der Waals surface area contributed by atoms with E-state index in [1.54, 1.807) is 24.3 Å². The number of nitrogens with one attached hydrogen (secondary N) is 1. The van der Waals surface area contributed by atoms with E-state index in [9.17, 15) is 13.2 Å². The van der Waals surface area contributed by atoms with Crippen LogP contribution < -0.4 is 5.32 Å². The number of aromatic nitrogens is 3. The molecule has 176 valence electrons. The van der Waals surface area contributed by atoms with Crippen molar-refractivity contribution in [2.75, 3.05) is 26.4 Å². The third-order valence-corrected chi connectivity index (χ3v) is 7.54. The highest BCUT2D eigenvalue weighted by molar-refractivity contribution is 7.99. The summed E-state index contributed by atoms with van der Waals surface area (Å²) in [5.41, 5.74) is 2.51. The van der Waals surface area contributed by atoms with Gasteiger partial charge in [-0.25, -0.2) is 12.7 Å². The van der Waals surface area contributed by atoms with E-state index in [2.05, 4.69) is 15.5 Å². The molecule has 0 aliphatic rings. The number of amides is 1. The van der Waals surface area contributed by atoms with Crippen LogP contribution >= 0.6 is 11.8 Å². The standard InChI is InChI=1S/C23H29N5O3S2/c1-16(2)14-24-21(29)15-32-23-26-25-22(28(23)19-10-6-8-17(3)12-19)18-9-7-11-20(13-18)33(30,31)27(4)5/h6-13,16H,14-15H2,1-5H3,(H,24,29). The van der Waals surface area contributed by atoms with Gasteiger partial charge in [-0.15, -0.1) is 10.2 Å². The molecule has 3 rings (SSSR count). The van der Waals surface area contributed by atoms with Crippen molar-refractivity contribution in [2.24, 2.45) is 5.92 Å². The maximum atomic E-state index is 12.6. The van der Waals surface area contributed by atoms with Crippen LogP contribution in [-0.2, 0) is 14.8 Å². The highest BCUT2D eigenvalue weighted by Crippen LogP contribution is 2.30. The Kier molecular flexibility index (Phi) is 7.93. The average Bonchev–Trinajstić information content (AvgIpc) is 3.20. The minimum atomic E-state index is -3.60. The smallest absolute Gasteiger partial charge is 0.242 e. The number of sulfonamides is 1. The molecular formula is C23H29N5O3S2. The second kappa shape index (κ2) is 10.5. The van der Waals surface area contributed by atoms with Crippen LogP contribution in [0.5, 0.6) is 0 Å². The van der Waals surface area contributed by atoms with Gasteiger partial charge in [-0.2, -0.15) is 0 Å². The van der Waals surface area contributed by atoms with Gasteiger partial charge < -0.3 is 5.32 Å². The molecule has 33 heavy (non-hydrogen) atoms. The van der Waals surface area contributed by atoms with E-state index in [4.69, 9.17) is 0 Å². The zero-order valence-corrected chi connectivity index (χ0v) is 21.1. The summed E-state index contributed by atoms with van der Waals surface area (Å²) in [6.07, 6.45) is 0. The van der Waals surface area contributed by atoms with Gasteiger partial charge in [-0.1, -0.05) is 49.9 Å². The Morgan fingerprint density at radius 2 is 1.85 bits per heavy atom. The van der Waals surface area contributed by atoms with E-state index in [-0.39, 0.29) is 16.6 Å². The van der Waals surface area contributed by atoms with Crippen molar-refractivity contribution in [3.05, 3.63) is 54.1 Å². The number of carbonyl (C=O) groups is 1. The molecule has 1 heterocycles. The predicted octanol–water partition coefficient (Wildman–Crippen LogP) is 3.36. The molecule has 1 aromatic heterocycles. The number of aryl methyl sites for hydroxylation is 1. The molecule has 0 aliphatic heterocycles. The molecule has 8 nitrogen and oxygen atoms in total. The first-order valence-corrected chi connectivity index (χ1v) is 13.0. The van der Waals surface area contributed by atoms with Gasteiger partial charge in [0.1, 0.15) is 0 Å². The monoisotopic (exact) mass is 487 g/mol. The van der Waals surface area contributed by atoms with Gasteiger partial charge in [0.05, 0.1) is 10.6 Å². The lowest BCUT2D eigenvalue weighted by Gasteiger charge is -2.14. The Hall–Kier alpha value is -2.69. The second-order valence-electron chi connectivity index (χ2n) is 8.28. The lowest BCUT2D eigenvalue weighted by molar-refractivity contribution is -0.118. The molecule has 0 aliphatic carbocycles. The molecule has 0 fully saturated rings. The SMILES string of the molecule is Cc1cccc(-n2c(SCC(=O)NCC(C)C)nnc2-c2cccc(S(=O)(=O)N(C)C)c2)c1. The van der Waals surface area contributed by atoms with Crippen LogP contribution in [0.15, 0.2) is 58.6 Å². The largest absolute Gasteiger partial charge is 0.355 e. The lowest BCUT2D eigenvalue weighted by Crippen LogP contribution is -2.28. The molecule has 2 aromatic carbocycles. The summed E-state index contributed by atoms with van der Waals surface area (Å²) in [7, 11) is -0.609. The summed E-state index contributed by atoms with van der Waals surface area (Å²) in [5, 5.41) is 12.2. The summed E-state index contributed by atoms with van der Waals surface area (Å²) in [4.78, 5) is 12.4. The summed E-state index contributed by atoms with van der Waals surface area (Å²) in [6, 6.07) is 14.5. The topological polar surface area (TPSA) is 97.2 Å². The number of benzene rings is 2. The van der Waals surface area contributed by atoms with Gasteiger partial charge >= 0.3 is 0 Å². The van der Waals surface area contributed by atoms with Crippen LogP contribution in [0, 0.1) is 12.8 Å². The van der Waals surface area contributed by atoms with Gasteiger partial charge in [0.15, 0.2) is 11.0 Å². The van der Waals surface area contributed by atoms with Crippen molar-refractivity contribution in [2.45, 2.75) is 30.8 Å². The van der Waals surface area contributed by atoms with E-state index in [1.165, 1.54) is 30.2 Å².